The molecule has 5 rings (SSSR count). The van der Waals surface area contributed by atoms with E-state index in [0.29, 0.717) is 0 Å². The monoisotopic (exact) mass is 401 g/mol. The van der Waals surface area contributed by atoms with Gasteiger partial charge in [0.25, 0.3) is 0 Å². The van der Waals surface area contributed by atoms with Crippen molar-refractivity contribution in [2.45, 2.75) is 26.3 Å². The predicted molar refractivity (Wildman–Crippen MR) is 135 cm³/mol. The van der Waals surface area contributed by atoms with Crippen LogP contribution in [0.25, 0.3) is 32.7 Å². The molecule has 0 unspecified atom stereocenters. The summed E-state index contributed by atoms with van der Waals surface area (Å²) in [5.74, 6) is 0. The second-order valence-electron chi connectivity index (χ2n) is 9.08. The van der Waals surface area contributed by atoms with Crippen LogP contribution in [-0.4, -0.2) is 5.54 Å². The Morgan fingerprint density at radius 2 is 1.06 bits per heavy atom. The fraction of sp³-hybridized carbons (Fsp3) is 0.133. The molecule has 1 heteroatoms. The molecule has 5 aromatic carbocycles. The quantitative estimate of drug-likeness (QED) is 0.274. The van der Waals surface area contributed by atoms with E-state index in [1.165, 1.54) is 44.0 Å². The van der Waals surface area contributed by atoms with Gasteiger partial charge in [-0.1, -0.05) is 78.9 Å². The van der Waals surface area contributed by atoms with Gasteiger partial charge in [-0.05, 0) is 83.8 Å². The van der Waals surface area contributed by atoms with Gasteiger partial charge in [-0.25, -0.2) is 0 Å². The number of hydrogen-bond acceptors (Lipinski definition) is 1. The summed E-state index contributed by atoms with van der Waals surface area (Å²) >= 11 is 0. The van der Waals surface area contributed by atoms with Gasteiger partial charge in [-0.15, -0.1) is 0 Å². The van der Waals surface area contributed by atoms with Crippen LogP contribution in [0.4, 0.5) is 11.4 Å². The van der Waals surface area contributed by atoms with Crippen molar-refractivity contribution in [1.29, 1.82) is 0 Å². The van der Waals surface area contributed by atoms with Gasteiger partial charge in [0, 0.05) is 16.9 Å². The summed E-state index contributed by atoms with van der Waals surface area (Å²) in [6.45, 7) is 6.76. The topological polar surface area (TPSA) is 3.24 Å². The lowest BCUT2D eigenvalue weighted by molar-refractivity contribution is 0.560. The molecule has 0 aliphatic rings. The van der Waals surface area contributed by atoms with Crippen molar-refractivity contribution < 1.29 is 0 Å². The van der Waals surface area contributed by atoms with Gasteiger partial charge in [-0.2, -0.15) is 0 Å². The SMILES string of the molecule is CC(C)(C)N(c1ccccc1)c1ccc(-c2cc3ccccc3c3ccccc23)cc1. The van der Waals surface area contributed by atoms with E-state index in [-0.39, 0.29) is 5.54 Å². The molecule has 0 aliphatic carbocycles. The van der Waals surface area contributed by atoms with Crippen LogP contribution >= 0.6 is 0 Å². The zero-order valence-electron chi connectivity index (χ0n) is 18.3. The third-order valence-corrected chi connectivity index (χ3v) is 5.89. The fourth-order valence-electron chi connectivity index (χ4n) is 4.58. The Kier molecular flexibility index (Phi) is 4.75. The Bertz CT molecular complexity index is 1340. The Labute approximate surface area is 184 Å². The first-order valence-electron chi connectivity index (χ1n) is 10.9. The summed E-state index contributed by atoms with van der Waals surface area (Å²) in [6, 6.07) is 39.3. The van der Waals surface area contributed by atoms with Gasteiger partial charge in [0.05, 0.1) is 0 Å². The van der Waals surface area contributed by atoms with Crippen LogP contribution in [0.15, 0.2) is 109 Å². The molecular weight excluding hydrogens is 374 g/mol. The summed E-state index contributed by atoms with van der Waals surface area (Å²) < 4.78 is 0. The number of rotatable bonds is 3. The predicted octanol–water partition coefficient (Wildman–Crippen LogP) is 8.60. The molecule has 0 N–H and O–H groups in total. The molecule has 0 saturated carbocycles. The van der Waals surface area contributed by atoms with Gasteiger partial charge in [-0.3, -0.25) is 0 Å². The van der Waals surface area contributed by atoms with E-state index in [1.54, 1.807) is 0 Å². The largest absolute Gasteiger partial charge is 0.336 e. The molecular formula is C30H27N. The van der Waals surface area contributed by atoms with Crippen molar-refractivity contribution in [2.75, 3.05) is 4.90 Å². The maximum absolute atomic E-state index is 2.40. The van der Waals surface area contributed by atoms with E-state index in [0.717, 1.165) is 0 Å². The van der Waals surface area contributed by atoms with E-state index in [2.05, 4.69) is 135 Å². The third-order valence-electron chi connectivity index (χ3n) is 5.89. The zero-order chi connectivity index (χ0) is 21.4. The number of benzene rings is 5. The normalized spacial score (nSPS) is 11.7. The van der Waals surface area contributed by atoms with Gasteiger partial charge in [0.15, 0.2) is 0 Å². The lowest BCUT2D eigenvalue weighted by Gasteiger charge is -2.38. The molecule has 0 spiro atoms. The highest BCUT2D eigenvalue weighted by Crippen LogP contribution is 2.37. The fourth-order valence-corrected chi connectivity index (χ4v) is 4.58. The molecule has 152 valence electrons. The Morgan fingerprint density at radius 1 is 0.516 bits per heavy atom. The molecule has 0 aliphatic heterocycles. The second-order valence-corrected chi connectivity index (χ2v) is 9.08. The van der Waals surface area contributed by atoms with Crippen molar-refractivity contribution in [3.05, 3.63) is 109 Å². The number of nitrogens with zero attached hydrogens (tertiary/aromatic N) is 1. The minimum Gasteiger partial charge on any atom is -0.336 e. The minimum absolute atomic E-state index is 0.0292. The van der Waals surface area contributed by atoms with Crippen LogP contribution < -0.4 is 4.90 Å². The maximum Gasteiger partial charge on any atom is 0.0416 e. The molecule has 0 radical (unpaired) electrons. The van der Waals surface area contributed by atoms with E-state index in [1.807, 2.05) is 0 Å². The average molecular weight is 402 g/mol. The van der Waals surface area contributed by atoms with Crippen LogP contribution in [0, 0.1) is 0 Å². The first-order valence-corrected chi connectivity index (χ1v) is 10.9. The van der Waals surface area contributed by atoms with Gasteiger partial charge >= 0.3 is 0 Å². The standard InChI is InChI=1S/C30H27N/c1-30(2,3)31(24-12-5-4-6-13-24)25-19-17-22(18-20-25)29-21-23-11-7-8-14-26(23)27-15-9-10-16-28(27)29/h4-21H,1-3H3. The number of hydrogen-bond donors (Lipinski definition) is 0. The highest BCUT2D eigenvalue weighted by atomic mass is 15.2. The van der Waals surface area contributed by atoms with Crippen molar-refractivity contribution in [2.24, 2.45) is 0 Å². The average Bonchev–Trinajstić information content (AvgIpc) is 2.79. The molecule has 1 nitrogen and oxygen atoms in total. The number of para-hydroxylation sites is 1. The summed E-state index contributed by atoms with van der Waals surface area (Å²) in [4.78, 5) is 2.40. The van der Waals surface area contributed by atoms with Crippen molar-refractivity contribution in [3.8, 4) is 11.1 Å². The van der Waals surface area contributed by atoms with Crippen LogP contribution in [0.2, 0.25) is 0 Å². The second kappa shape index (κ2) is 7.59. The first kappa shape index (κ1) is 19.4. The molecule has 5 aromatic rings. The lowest BCUT2D eigenvalue weighted by Crippen LogP contribution is -2.37. The molecule has 31 heavy (non-hydrogen) atoms. The van der Waals surface area contributed by atoms with Crippen molar-refractivity contribution >= 4 is 32.9 Å². The third kappa shape index (κ3) is 3.57. The Morgan fingerprint density at radius 3 is 1.74 bits per heavy atom. The summed E-state index contributed by atoms with van der Waals surface area (Å²) in [7, 11) is 0. The van der Waals surface area contributed by atoms with Gasteiger partial charge < -0.3 is 4.90 Å². The highest BCUT2D eigenvalue weighted by molar-refractivity contribution is 6.13. The van der Waals surface area contributed by atoms with Gasteiger partial charge in [0.1, 0.15) is 0 Å². The van der Waals surface area contributed by atoms with E-state index in [4.69, 9.17) is 0 Å². The molecule has 0 heterocycles. The zero-order valence-corrected chi connectivity index (χ0v) is 18.3. The summed E-state index contributed by atoms with van der Waals surface area (Å²) in [5, 5.41) is 5.19. The van der Waals surface area contributed by atoms with E-state index >= 15 is 0 Å². The molecule has 0 saturated heterocycles. The maximum atomic E-state index is 2.40. The molecule has 0 atom stereocenters. The van der Waals surface area contributed by atoms with Crippen LogP contribution in [0.1, 0.15) is 20.8 Å². The molecule has 0 fully saturated rings. The van der Waals surface area contributed by atoms with Gasteiger partial charge in [0.2, 0.25) is 0 Å². The molecule has 0 amide bonds. The van der Waals surface area contributed by atoms with Crippen LogP contribution in [0.5, 0.6) is 0 Å². The molecule has 0 aromatic heterocycles. The van der Waals surface area contributed by atoms with Crippen LogP contribution in [0.3, 0.4) is 0 Å². The lowest BCUT2D eigenvalue weighted by atomic mass is 9.93. The minimum atomic E-state index is -0.0292. The highest BCUT2D eigenvalue weighted by Gasteiger charge is 2.23. The van der Waals surface area contributed by atoms with E-state index in [9.17, 15) is 0 Å². The van der Waals surface area contributed by atoms with Crippen molar-refractivity contribution in [1.82, 2.24) is 0 Å². The summed E-state index contributed by atoms with van der Waals surface area (Å²) in [6.07, 6.45) is 0. The van der Waals surface area contributed by atoms with Crippen LogP contribution in [-0.2, 0) is 0 Å². The summed E-state index contributed by atoms with van der Waals surface area (Å²) in [5.41, 5.74) is 4.90. The number of fused-ring (bicyclic) bond motifs is 3. The Balaban J connectivity index is 1.64. The van der Waals surface area contributed by atoms with Crippen molar-refractivity contribution in [3.63, 3.8) is 0 Å². The first-order chi connectivity index (χ1) is 15.0. The number of anilines is 2. The Hall–Kier alpha value is -3.58. The smallest absolute Gasteiger partial charge is 0.0416 e. The van der Waals surface area contributed by atoms with E-state index < -0.39 is 0 Å². The molecule has 0 bridgehead atoms.